The largest absolute Gasteiger partial charge is 0.399 e. The number of thiazole rings is 1. The molecule has 21 heavy (non-hydrogen) atoms. The van der Waals surface area contributed by atoms with Gasteiger partial charge in [-0.25, -0.2) is 4.98 Å². The highest BCUT2D eigenvalue weighted by Gasteiger charge is 2.08. The van der Waals surface area contributed by atoms with Gasteiger partial charge in [-0.1, -0.05) is 11.8 Å². The Kier molecular flexibility index (Phi) is 3.81. The second-order valence-electron chi connectivity index (χ2n) is 4.44. The van der Waals surface area contributed by atoms with Gasteiger partial charge >= 0.3 is 0 Å². The molecule has 4 nitrogen and oxygen atoms in total. The van der Waals surface area contributed by atoms with Crippen molar-refractivity contribution in [1.82, 2.24) is 4.98 Å². The third kappa shape index (κ3) is 3.01. The van der Waals surface area contributed by atoms with E-state index in [2.05, 4.69) is 10.3 Å². The number of benzene rings is 2. The monoisotopic (exact) mass is 315 g/mol. The third-order valence-electron chi connectivity index (χ3n) is 2.97. The van der Waals surface area contributed by atoms with Gasteiger partial charge in [-0.2, -0.15) is 0 Å². The average molecular weight is 315 g/mol. The summed E-state index contributed by atoms with van der Waals surface area (Å²) in [5.74, 6) is -0.149. The predicted molar refractivity (Wildman–Crippen MR) is 90.2 cm³/mol. The Morgan fingerprint density at radius 1 is 1.24 bits per heavy atom. The summed E-state index contributed by atoms with van der Waals surface area (Å²) in [7, 11) is 0. The van der Waals surface area contributed by atoms with Gasteiger partial charge in [0.05, 0.1) is 10.2 Å². The molecule has 1 amide bonds. The Labute approximate surface area is 130 Å². The zero-order chi connectivity index (χ0) is 14.8. The lowest BCUT2D eigenvalue weighted by molar-refractivity contribution is 0.102. The number of nitrogen functional groups attached to an aromatic ring is 1. The number of nitrogens with zero attached hydrogens (tertiary/aromatic N) is 1. The van der Waals surface area contributed by atoms with Crippen LogP contribution in [-0.2, 0) is 0 Å². The van der Waals surface area contributed by atoms with Gasteiger partial charge in [-0.05, 0) is 48.7 Å². The van der Waals surface area contributed by atoms with E-state index in [1.807, 2.05) is 24.5 Å². The lowest BCUT2D eigenvalue weighted by Crippen LogP contribution is -2.11. The Morgan fingerprint density at radius 2 is 2.00 bits per heavy atom. The summed E-state index contributed by atoms with van der Waals surface area (Å²) < 4.78 is 2.08. The summed E-state index contributed by atoms with van der Waals surface area (Å²) in [6.07, 6.45) is 2.00. The zero-order valence-electron chi connectivity index (χ0n) is 11.3. The van der Waals surface area contributed by atoms with Crippen LogP contribution in [0.4, 0.5) is 11.4 Å². The van der Waals surface area contributed by atoms with Crippen LogP contribution in [0.2, 0.25) is 0 Å². The highest BCUT2D eigenvalue weighted by atomic mass is 32.2. The molecule has 0 saturated heterocycles. The number of amides is 1. The highest BCUT2D eigenvalue weighted by Crippen LogP contribution is 2.30. The van der Waals surface area contributed by atoms with Gasteiger partial charge in [0, 0.05) is 16.9 Å². The summed E-state index contributed by atoms with van der Waals surface area (Å²) in [6, 6.07) is 12.6. The molecule has 3 rings (SSSR count). The second-order valence-corrected chi connectivity index (χ2v) is 6.53. The van der Waals surface area contributed by atoms with Crippen LogP contribution in [0, 0.1) is 0 Å². The van der Waals surface area contributed by atoms with Crippen molar-refractivity contribution >= 4 is 50.6 Å². The average Bonchev–Trinajstić information content (AvgIpc) is 2.90. The molecule has 0 bridgehead atoms. The minimum atomic E-state index is -0.149. The summed E-state index contributed by atoms with van der Waals surface area (Å²) in [5, 5.41) is 2.89. The first-order valence-electron chi connectivity index (χ1n) is 6.27. The Morgan fingerprint density at radius 3 is 2.71 bits per heavy atom. The van der Waals surface area contributed by atoms with Crippen LogP contribution in [0.15, 0.2) is 46.8 Å². The smallest absolute Gasteiger partial charge is 0.255 e. The molecule has 0 radical (unpaired) electrons. The number of anilines is 2. The van der Waals surface area contributed by atoms with Crippen molar-refractivity contribution in [3.63, 3.8) is 0 Å². The van der Waals surface area contributed by atoms with Gasteiger partial charge in [-0.3, -0.25) is 4.79 Å². The van der Waals surface area contributed by atoms with Crippen LogP contribution in [0.25, 0.3) is 10.2 Å². The van der Waals surface area contributed by atoms with Crippen molar-refractivity contribution < 1.29 is 4.79 Å². The highest BCUT2D eigenvalue weighted by molar-refractivity contribution is 8.00. The quantitative estimate of drug-likeness (QED) is 0.569. The number of carbonyl (C=O) groups excluding carboxylic acids is 1. The molecular weight excluding hydrogens is 302 g/mol. The van der Waals surface area contributed by atoms with Crippen LogP contribution in [0.3, 0.4) is 0 Å². The minimum Gasteiger partial charge on any atom is -0.399 e. The molecule has 0 spiro atoms. The van der Waals surface area contributed by atoms with E-state index in [0.717, 1.165) is 20.2 Å². The topological polar surface area (TPSA) is 68.0 Å². The van der Waals surface area contributed by atoms with Crippen LogP contribution < -0.4 is 11.1 Å². The van der Waals surface area contributed by atoms with E-state index in [1.54, 1.807) is 47.4 Å². The Hall–Kier alpha value is -2.05. The standard InChI is InChI=1S/C15H13N3OS2/c1-20-15-18-12-7-6-11(8-13(12)21-15)17-14(19)9-2-4-10(16)5-3-9/h2-8H,16H2,1H3,(H,17,19). The van der Waals surface area contributed by atoms with E-state index in [1.165, 1.54) is 0 Å². The van der Waals surface area contributed by atoms with E-state index in [4.69, 9.17) is 5.73 Å². The maximum Gasteiger partial charge on any atom is 0.255 e. The normalized spacial score (nSPS) is 10.7. The molecule has 0 fully saturated rings. The second kappa shape index (κ2) is 5.75. The minimum absolute atomic E-state index is 0.149. The third-order valence-corrected chi connectivity index (χ3v) is 4.98. The molecule has 0 aliphatic heterocycles. The predicted octanol–water partition coefficient (Wildman–Crippen LogP) is 3.85. The number of hydrogen-bond acceptors (Lipinski definition) is 5. The number of nitrogens with one attached hydrogen (secondary N) is 1. The van der Waals surface area contributed by atoms with Gasteiger partial charge in [0.1, 0.15) is 0 Å². The van der Waals surface area contributed by atoms with Gasteiger partial charge in [0.25, 0.3) is 5.91 Å². The molecular formula is C15H13N3OS2. The Bertz CT molecular complexity index is 796. The molecule has 0 unspecified atom stereocenters. The molecule has 6 heteroatoms. The molecule has 0 aliphatic rings. The van der Waals surface area contributed by atoms with Crippen LogP contribution in [0.5, 0.6) is 0 Å². The lowest BCUT2D eigenvalue weighted by Gasteiger charge is -2.05. The summed E-state index contributed by atoms with van der Waals surface area (Å²) in [5.41, 5.74) is 8.56. The maximum absolute atomic E-state index is 12.2. The van der Waals surface area contributed by atoms with Crippen molar-refractivity contribution in [2.75, 3.05) is 17.3 Å². The first-order valence-corrected chi connectivity index (χ1v) is 8.31. The zero-order valence-corrected chi connectivity index (χ0v) is 12.9. The van der Waals surface area contributed by atoms with Gasteiger partial charge in [0.15, 0.2) is 4.34 Å². The Balaban J connectivity index is 1.83. The fourth-order valence-corrected chi connectivity index (χ4v) is 3.43. The van der Waals surface area contributed by atoms with E-state index in [-0.39, 0.29) is 5.91 Å². The van der Waals surface area contributed by atoms with Gasteiger partial charge in [0.2, 0.25) is 0 Å². The summed E-state index contributed by atoms with van der Waals surface area (Å²) in [6.45, 7) is 0. The molecule has 0 saturated carbocycles. The molecule has 0 aliphatic carbocycles. The lowest BCUT2D eigenvalue weighted by atomic mass is 10.2. The number of nitrogens with two attached hydrogens (primary N) is 1. The fraction of sp³-hybridized carbons (Fsp3) is 0.0667. The van der Waals surface area contributed by atoms with Crippen molar-refractivity contribution in [2.45, 2.75) is 4.34 Å². The molecule has 106 valence electrons. The number of hydrogen-bond donors (Lipinski definition) is 2. The summed E-state index contributed by atoms with van der Waals surface area (Å²) in [4.78, 5) is 16.6. The van der Waals surface area contributed by atoms with Crippen LogP contribution >= 0.6 is 23.1 Å². The first-order chi connectivity index (χ1) is 10.2. The number of aromatic nitrogens is 1. The van der Waals surface area contributed by atoms with Crippen molar-refractivity contribution in [1.29, 1.82) is 0 Å². The number of thioether (sulfide) groups is 1. The molecule has 1 heterocycles. The number of carbonyl (C=O) groups is 1. The number of fused-ring (bicyclic) bond motifs is 1. The van der Waals surface area contributed by atoms with E-state index >= 15 is 0 Å². The fourth-order valence-electron chi connectivity index (χ4n) is 1.91. The van der Waals surface area contributed by atoms with Crippen molar-refractivity contribution in [3.8, 4) is 0 Å². The van der Waals surface area contributed by atoms with Gasteiger partial charge < -0.3 is 11.1 Å². The molecule has 3 N–H and O–H groups in total. The summed E-state index contributed by atoms with van der Waals surface area (Å²) >= 11 is 3.24. The van der Waals surface area contributed by atoms with E-state index in [9.17, 15) is 4.79 Å². The SMILES string of the molecule is CSc1nc2ccc(NC(=O)c3ccc(N)cc3)cc2s1. The molecule has 2 aromatic carbocycles. The van der Waals surface area contributed by atoms with Crippen molar-refractivity contribution in [2.24, 2.45) is 0 Å². The maximum atomic E-state index is 12.2. The van der Waals surface area contributed by atoms with E-state index in [0.29, 0.717) is 11.3 Å². The van der Waals surface area contributed by atoms with Gasteiger partial charge in [-0.15, -0.1) is 11.3 Å². The van der Waals surface area contributed by atoms with Crippen LogP contribution in [-0.4, -0.2) is 17.1 Å². The number of rotatable bonds is 3. The first kappa shape index (κ1) is 13.9. The molecule has 0 atom stereocenters. The van der Waals surface area contributed by atoms with E-state index < -0.39 is 0 Å². The van der Waals surface area contributed by atoms with Crippen LogP contribution in [0.1, 0.15) is 10.4 Å². The van der Waals surface area contributed by atoms with Crippen molar-refractivity contribution in [3.05, 3.63) is 48.0 Å². The molecule has 1 aromatic heterocycles. The molecule has 3 aromatic rings.